The highest BCUT2D eigenvalue weighted by Gasteiger charge is 2.23. The van der Waals surface area contributed by atoms with Gasteiger partial charge in [-0.15, -0.1) is 0 Å². The van der Waals surface area contributed by atoms with E-state index >= 15 is 0 Å². The van der Waals surface area contributed by atoms with Crippen LogP contribution in [0.2, 0.25) is 0 Å². The molecule has 0 heterocycles. The molecule has 1 aliphatic rings. The number of rotatable bonds is 6. The van der Waals surface area contributed by atoms with Crippen LogP contribution in [-0.4, -0.2) is 18.7 Å². The predicted molar refractivity (Wildman–Crippen MR) is 92.5 cm³/mol. The van der Waals surface area contributed by atoms with Gasteiger partial charge in [0, 0.05) is 17.4 Å². The van der Waals surface area contributed by atoms with E-state index in [4.69, 9.17) is 4.74 Å². The summed E-state index contributed by atoms with van der Waals surface area (Å²) in [6, 6.07) is 15.6. The molecule has 0 saturated heterocycles. The Hall–Kier alpha value is -2.69. The third-order valence-electron chi connectivity index (χ3n) is 3.52. The van der Waals surface area contributed by atoms with Crippen molar-refractivity contribution in [3.05, 3.63) is 48.5 Å². The number of benzene rings is 2. The van der Waals surface area contributed by atoms with E-state index in [-0.39, 0.29) is 6.03 Å². The normalized spacial score (nSPS) is 13.3. The fourth-order valence-electron chi connectivity index (χ4n) is 2.22. The van der Waals surface area contributed by atoms with E-state index in [2.05, 4.69) is 16.0 Å². The van der Waals surface area contributed by atoms with Gasteiger partial charge in [0.05, 0.1) is 12.3 Å². The highest BCUT2D eigenvalue weighted by Crippen LogP contribution is 2.28. The van der Waals surface area contributed by atoms with Gasteiger partial charge in [-0.05, 0) is 56.2 Å². The van der Waals surface area contributed by atoms with Crippen molar-refractivity contribution >= 4 is 23.1 Å². The molecular weight excluding hydrogens is 290 g/mol. The summed E-state index contributed by atoms with van der Waals surface area (Å²) in [6.07, 6.45) is 2.16. The molecule has 0 radical (unpaired) electrons. The van der Waals surface area contributed by atoms with E-state index in [0.29, 0.717) is 12.6 Å². The lowest BCUT2D eigenvalue weighted by Gasteiger charge is -2.13. The van der Waals surface area contributed by atoms with Gasteiger partial charge in [-0.1, -0.05) is 12.1 Å². The van der Waals surface area contributed by atoms with Gasteiger partial charge in [-0.25, -0.2) is 4.79 Å². The number of carbonyl (C=O) groups excluding carboxylic acids is 1. The van der Waals surface area contributed by atoms with Gasteiger partial charge in [-0.3, -0.25) is 0 Å². The highest BCUT2D eigenvalue weighted by molar-refractivity contribution is 5.89. The third kappa shape index (κ3) is 4.39. The van der Waals surface area contributed by atoms with Crippen molar-refractivity contribution in [3.63, 3.8) is 0 Å². The summed E-state index contributed by atoms with van der Waals surface area (Å²) in [5.74, 6) is 0.820. The van der Waals surface area contributed by atoms with Crippen LogP contribution in [0.15, 0.2) is 48.5 Å². The minimum absolute atomic E-state index is 0.144. The molecule has 3 N–H and O–H groups in total. The molecule has 1 saturated carbocycles. The number of ether oxygens (including phenoxy) is 1. The minimum atomic E-state index is -0.144. The Bertz CT molecular complexity index is 666. The Labute approximate surface area is 136 Å². The predicted octanol–water partition coefficient (Wildman–Crippen LogP) is 4.11. The molecular formula is C18H21N3O2. The molecule has 5 heteroatoms. The molecule has 3 rings (SSSR count). The van der Waals surface area contributed by atoms with Gasteiger partial charge in [0.25, 0.3) is 0 Å². The summed E-state index contributed by atoms with van der Waals surface area (Å²) in [5.41, 5.74) is 2.62. The lowest BCUT2D eigenvalue weighted by atomic mass is 10.2. The van der Waals surface area contributed by atoms with Crippen LogP contribution in [0, 0.1) is 0 Å². The van der Waals surface area contributed by atoms with Crippen LogP contribution in [0.4, 0.5) is 21.9 Å². The lowest BCUT2D eigenvalue weighted by Crippen LogP contribution is -2.30. The second kappa shape index (κ2) is 7.05. The molecule has 0 unspecified atom stereocenters. The van der Waals surface area contributed by atoms with E-state index in [9.17, 15) is 4.79 Å². The van der Waals surface area contributed by atoms with Crippen LogP contribution in [-0.2, 0) is 0 Å². The fourth-order valence-corrected chi connectivity index (χ4v) is 2.22. The van der Waals surface area contributed by atoms with Gasteiger partial charge in [0.15, 0.2) is 0 Å². The average Bonchev–Trinajstić information content (AvgIpc) is 3.35. The first-order chi connectivity index (χ1) is 11.2. The smallest absolute Gasteiger partial charge is 0.319 e. The van der Waals surface area contributed by atoms with Gasteiger partial charge in [0.1, 0.15) is 5.75 Å². The number of anilines is 3. The van der Waals surface area contributed by atoms with Crippen molar-refractivity contribution in [2.45, 2.75) is 25.8 Å². The molecule has 1 aliphatic carbocycles. The number of hydrogen-bond donors (Lipinski definition) is 3. The van der Waals surface area contributed by atoms with Crippen molar-refractivity contribution in [2.24, 2.45) is 0 Å². The number of para-hydroxylation sites is 2. The Balaban J connectivity index is 1.61. The number of carbonyl (C=O) groups is 1. The maximum atomic E-state index is 11.7. The first kappa shape index (κ1) is 15.2. The summed E-state index contributed by atoms with van der Waals surface area (Å²) in [5, 5.41) is 9.06. The average molecular weight is 311 g/mol. The second-order valence-corrected chi connectivity index (χ2v) is 5.50. The topological polar surface area (TPSA) is 62.4 Å². The van der Waals surface area contributed by atoms with Crippen molar-refractivity contribution in [1.29, 1.82) is 0 Å². The minimum Gasteiger partial charge on any atom is -0.492 e. The van der Waals surface area contributed by atoms with Crippen molar-refractivity contribution in [3.8, 4) is 5.75 Å². The molecule has 0 atom stereocenters. The summed E-state index contributed by atoms with van der Waals surface area (Å²) in [7, 11) is 0. The Morgan fingerprint density at radius 1 is 1.09 bits per heavy atom. The molecule has 0 aliphatic heterocycles. The van der Waals surface area contributed by atoms with E-state index < -0.39 is 0 Å². The molecule has 120 valence electrons. The second-order valence-electron chi connectivity index (χ2n) is 5.50. The number of nitrogens with one attached hydrogen (secondary N) is 3. The van der Waals surface area contributed by atoms with Gasteiger partial charge in [-0.2, -0.15) is 0 Å². The Morgan fingerprint density at radius 3 is 2.48 bits per heavy atom. The van der Waals surface area contributed by atoms with E-state index in [1.165, 1.54) is 0 Å². The first-order valence-corrected chi connectivity index (χ1v) is 7.91. The molecule has 5 nitrogen and oxygen atoms in total. The van der Waals surface area contributed by atoms with Crippen LogP contribution < -0.4 is 20.7 Å². The van der Waals surface area contributed by atoms with Gasteiger partial charge in [0.2, 0.25) is 0 Å². The number of amides is 2. The van der Waals surface area contributed by atoms with Crippen LogP contribution in [0.3, 0.4) is 0 Å². The number of hydrogen-bond acceptors (Lipinski definition) is 3. The fraction of sp³-hybridized carbons (Fsp3) is 0.278. The Kier molecular flexibility index (Phi) is 4.66. The first-order valence-electron chi connectivity index (χ1n) is 7.91. The van der Waals surface area contributed by atoms with Crippen LogP contribution in [0.1, 0.15) is 19.8 Å². The zero-order valence-corrected chi connectivity index (χ0v) is 13.1. The molecule has 2 aromatic carbocycles. The van der Waals surface area contributed by atoms with E-state index in [1.807, 2.05) is 55.5 Å². The third-order valence-corrected chi connectivity index (χ3v) is 3.52. The van der Waals surface area contributed by atoms with E-state index in [1.54, 1.807) is 0 Å². The zero-order chi connectivity index (χ0) is 16.1. The van der Waals surface area contributed by atoms with Crippen LogP contribution >= 0.6 is 0 Å². The summed E-state index contributed by atoms with van der Waals surface area (Å²) < 4.78 is 5.60. The molecule has 0 aromatic heterocycles. The van der Waals surface area contributed by atoms with Gasteiger partial charge >= 0.3 is 6.03 Å². The summed E-state index contributed by atoms with van der Waals surface area (Å²) in [6.45, 7) is 2.58. The quantitative estimate of drug-likeness (QED) is 0.752. The zero-order valence-electron chi connectivity index (χ0n) is 13.1. The van der Waals surface area contributed by atoms with Gasteiger partial charge < -0.3 is 20.7 Å². The van der Waals surface area contributed by atoms with E-state index in [0.717, 1.165) is 35.7 Å². The molecule has 0 spiro atoms. The molecule has 0 bridgehead atoms. The van der Waals surface area contributed by atoms with Crippen molar-refractivity contribution in [2.75, 3.05) is 17.2 Å². The Morgan fingerprint density at radius 2 is 1.78 bits per heavy atom. The SMILES string of the molecule is CCOc1ccccc1Nc1ccc(NC(=O)NC2CC2)cc1. The molecule has 1 fully saturated rings. The molecule has 2 amide bonds. The number of urea groups is 1. The lowest BCUT2D eigenvalue weighted by molar-refractivity contribution is 0.251. The highest BCUT2D eigenvalue weighted by atomic mass is 16.5. The molecule has 23 heavy (non-hydrogen) atoms. The summed E-state index contributed by atoms with van der Waals surface area (Å²) >= 11 is 0. The monoisotopic (exact) mass is 311 g/mol. The van der Waals surface area contributed by atoms with Crippen molar-refractivity contribution < 1.29 is 9.53 Å². The van der Waals surface area contributed by atoms with Crippen LogP contribution in [0.5, 0.6) is 5.75 Å². The maximum absolute atomic E-state index is 11.7. The largest absolute Gasteiger partial charge is 0.492 e. The summed E-state index contributed by atoms with van der Waals surface area (Å²) in [4.78, 5) is 11.7. The maximum Gasteiger partial charge on any atom is 0.319 e. The van der Waals surface area contributed by atoms with Crippen molar-refractivity contribution in [1.82, 2.24) is 5.32 Å². The van der Waals surface area contributed by atoms with Crippen LogP contribution in [0.25, 0.3) is 0 Å². The standard InChI is InChI=1S/C18H21N3O2/c1-2-23-17-6-4-3-5-16(17)19-13-7-9-14(10-8-13)20-18(22)21-15-11-12-15/h3-10,15,19H,2,11-12H2,1H3,(H2,20,21,22). The molecule has 2 aromatic rings.